The van der Waals surface area contributed by atoms with Gasteiger partial charge in [0, 0.05) is 38.6 Å². The van der Waals surface area contributed by atoms with E-state index in [9.17, 15) is 26.4 Å². The molecular weight excluding hydrogens is 413 g/mol. The Morgan fingerprint density at radius 3 is 2.17 bits per heavy atom. The number of fused-ring (bicyclic) bond motifs is 1. The second kappa shape index (κ2) is 10.6. The van der Waals surface area contributed by atoms with Crippen molar-refractivity contribution in [1.82, 2.24) is 9.80 Å². The van der Waals surface area contributed by atoms with E-state index < -0.39 is 22.0 Å². The number of alkyl halides is 3. The molecule has 7 nitrogen and oxygen atoms in total. The number of sulfone groups is 1. The minimum atomic E-state index is -5.08. The first-order chi connectivity index (χ1) is 13.3. The number of carboxylic acid groups (broad SMARTS) is 1. The fraction of sp³-hybridized carbons (Fsp3) is 0.889. The number of carbonyl (C=O) groups is 2. The Morgan fingerprint density at radius 2 is 1.69 bits per heavy atom. The van der Waals surface area contributed by atoms with E-state index in [2.05, 4.69) is 18.7 Å². The summed E-state index contributed by atoms with van der Waals surface area (Å²) in [4.78, 5) is 25.3. The van der Waals surface area contributed by atoms with Crippen molar-refractivity contribution in [3.63, 3.8) is 0 Å². The standard InChI is InChI=1S/C16H30N2O3S.C2HF3O2/c1-4-5-16(19)17-8-6-14-15(7-9-17)22(20,21)11-10-18(14)12-13(2)3;3-2(4,5)1(6)7/h13-15H,4-12H2,1-3H3;(H,6,7)/t14-,15+;/m0./s1. The minimum absolute atomic E-state index is 0.0839. The van der Waals surface area contributed by atoms with Crippen molar-refractivity contribution in [3.05, 3.63) is 0 Å². The third-order valence-corrected chi connectivity index (χ3v) is 7.28. The van der Waals surface area contributed by atoms with Gasteiger partial charge < -0.3 is 10.0 Å². The first-order valence-electron chi connectivity index (χ1n) is 9.83. The molecular formula is C18H31F3N2O5S. The van der Waals surface area contributed by atoms with Gasteiger partial charge in [-0.25, -0.2) is 13.2 Å². The molecule has 2 fully saturated rings. The van der Waals surface area contributed by atoms with Gasteiger partial charge >= 0.3 is 12.1 Å². The van der Waals surface area contributed by atoms with Crippen molar-refractivity contribution >= 4 is 21.7 Å². The number of nitrogens with zero attached hydrogens (tertiary/aromatic N) is 2. The summed E-state index contributed by atoms with van der Waals surface area (Å²) in [5.41, 5.74) is 0. The minimum Gasteiger partial charge on any atom is -0.475 e. The fourth-order valence-electron chi connectivity index (χ4n) is 3.78. The van der Waals surface area contributed by atoms with Gasteiger partial charge in [-0.05, 0) is 25.2 Å². The monoisotopic (exact) mass is 444 g/mol. The number of aliphatic carboxylic acids is 1. The number of likely N-dealkylation sites (tertiary alicyclic amines) is 1. The Bertz CT molecular complexity index is 667. The number of carbonyl (C=O) groups excluding carboxylic acids is 1. The van der Waals surface area contributed by atoms with E-state index in [1.54, 1.807) is 0 Å². The summed E-state index contributed by atoms with van der Waals surface area (Å²) in [6.07, 6.45) is -2.29. The molecule has 0 unspecified atom stereocenters. The highest BCUT2D eigenvalue weighted by molar-refractivity contribution is 7.92. The van der Waals surface area contributed by atoms with E-state index in [-0.39, 0.29) is 23.0 Å². The molecule has 2 aliphatic rings. The van der Waals surface area contributed by atoms with Crippen molar-refractivity contribution in [2.75, 3.05) is 31.9 Å². The van der Waals surface area contributed by atoms with Crippen LogP contribution in [0.3, 0.4) is 0 Å². The quantitative estimate of drug-likeness (QED) is 0.714. The third-order valence-electron chi connectivity index (χ3n) is 5.06. The zero-order valence-corrected chi connectivity index (χ0v) is 17.9. The van der Waals surface area contributed by atoms with Gasteiger partial charge in [0.1, 0.15) is 0 Å². The summed E-state index contributed by atoms with van der Waals surface area (Å²) in [6, 6.07) is 0.0839. The average Bonchev–Trinajstić information content (AvgIpc) is 2.81. The molecule has 0 aromatic rings. The van der Waals surface area contributed by atoms with Crippen LogP contribution in [0.2, 0.25) is 0 Å². The maximum atomic E-state index is 12.5. The Balaban J connectivity index is 0.000000516. The lowest BCUT2D eigenvalue weighted by molar-refractivity contribution is -0.192. The van der Waals surface area contributed by atoms with Crippen LogP contribution in [0.15, 0.2) is 0 Å². The summed E-state index contributed by atoms with van der Waals surface area (Å²) in [5, 5.41) is 6.83. The summed E-state index contributed by atoms with van der Waals surface area (Å²) < 4.78 is 56.7. The van der Waals surface area contributed by atoms with Crippen LogP contribution in [-0.4, -0.2) is 84.6 Å². The number of rotatable bonds is 4. The topological polar surface area (TPSA) is 95.0 Å². The van der Waals surface area contributed by atoms with Gasteiger partial charge in [-0.3, -0.25) is 9.69 Å². The van der Waals surface area contributed by atoms with Crippen molar-refractivity contribution in [2.45, 2.75) is 63.9 Å². The van der Waals surface area contributed by atoms with Crippen LogP contribution in [-0.2, 0) is 19.4 Å². The van der Waals surface area contributed by atoms with E-state index in [1.807, 2.05) is 11.8 Å². The van der Waals surface area contributed by atoms with Gasteiger partial charge in [0.25, 0.3) is 0 Å². The van der Waals surface area contributed by atoms with Gasteiger partial charge in [0.05, 0.1) is 11.0 Å². The second-order valence-corrected chi connectivity index (χ2v) is 10.2. The molecule has 0 saturated carbocycles. The zero-order valence-electron chi connectivity index (χ0n) is 17.1. The van der Waals surface area contributed by atoms with Crippen molar-refractivity contribution in [1.29, 1.82) is 0 Å². The van der Waals surface area contributed by atoms with E-state index in [1.165, 1.54) is 0 Å². The molecule has 0 aromatic carbocycles. The van der Waals surface area contributed by atoms with E-state index in [0.29, 0.717) is 38.4 Å². The van der Waals surface area contributed by atoms with Crippen LogP contribution in [0.1, 0.15) is 46.5 Å². The second-order valence-electron chi connectivity index (χ2n) is 7.87. The largest absolute Gasteiger partial charge is 0.490 e. The molecule has 2 heterocycles. The highest BCUT2D eigenvalue weighted by Gasteiger charge is 2.43. The maximum Gasteiger partial charge on any atom is 0.490 e. The molecule has 1 amide bonds. The predicted molar refractivity (Wildman–Crippen MR) is 102 cm³/mol. The van der Waals surface area contributed by atoms with Crippen LogP contribution < -0.4 is 0 Å². The molecule has 0 radical (unpaired) electrons. The molecule has 29 heavy (non-hydrogen) atoms. The summed E-state index contributed by atoms with van der Waals surface area (Å²) in [6.45, 7) is 9.23. The number of hydrogen-bond acceptors (Lipinski definition) is 5. The Hall–Kier alpha value is -1.36. The van der Waals surface area contributed by atoms with Gasteiger partial charge in [-0.15, -0.1) is 0 Å². The van der Waals surface area contributed by atoms with Crippen LogP contribution in [0, 0.1) is 5.92 Å². The number of halogens is 3. The molecule has 170 valence electrons. The highest BCUT2D eigenvalue weighted by Crippen LogP contribution is 2.28. The normalized spacial score (nSPS) is 24.9. The highest BCUT2D eigenvalue weighted by atomic mass is 32.2. The Kier molecular flexibility index (Phi) is 9.39. The summed E-state index contributed by atoms with van der Waals surface area (Å²) in [5.74, 6) is -1.78. The van der Waals surface area contributed by atoms with Crippen LogP contribution in [0.5, 0.6) is 0 Å². The van der Waals surface area contributed by atoms with Crippen LogP contribution >= 0.6 is 0 Å². The number of amides is 1. The first-order valence-corrected chi connectivity index (χ1v) is 11.5. The molecule has 2 aliphatic heterocycles. The van der Waals surface area contributed by atoms with E-state index >= 15 is 0 Å². The van der Waals surface area contributed by atoms with Crippen LogP contribution in [0.25, 0.3) is 0 Å². The molecule has 0 bridgehead atoms. The Morgan fingerprint density at radius 1 is 1.14 bits per heavy atom. The molecule has 11 heteroatoms. The van der Waals surface area contributed by atoms with Crippen LogP contribution in [0.4, 0.5) is 13.2 Å². The molecule has 2 saturated heterocycles. The third kappa shape index (κ3) is 7.76. The number of hydrogen-bond donors (Lipinski definition) is 1. The van der Waals surface area contributed by atoms with E-state index in [0.717, 1.165) is 19.4 Å². The van der Waals surface area contributed by atoms with Gasteiger partial charge in [0.2, 0.25) is 5.91 Å². The van der Waals surface area contributed by atoms with Crippen molar-refractivity contribution < 1.29 is 36.3 Å². The molecule has 0 aliphatic carbocycles. The Labute approximate surface area is 170 Å². The fourth-order valence-corrected chi connectivity index (χ4v) is 5.82. The average molecular weight is 445 g/mol. The molecule has 1 N–H and O–H groups in total. The van der Waals surface area contributed by atoms with Gasteiger partial charge in [0.15, 0.2) is 9.84 Å². The summed E-state index contributed by atoms with van der Waals surface area (Å²) >= 11 is 0. The van der Waals surface area contributed by atoms with Gasteiger partial charge in [-0.2, -0.15) is 13.2 Å². The zero-order chi connectivity index (χ0) is 22.4. The SMILES string of the molecule is CCCC(=O)N1CC[C@@H]2[C@H](CC1)N(CC(C)C)CCS2(=O)=O.O=C(O)C(F)(F)F. The van der Waals surface area contributed by atoms with E-state index in [4.69, 9.17) is 9.90 Å². The molecule has 2 atom stereocenters. The first kappa shape index (κ1) is 25.7. The lowest BCUT2D eigenvalue weighted by Crippen LogP contribution is -2.55. The lowest BCUT2D eigenvalue weighted by Gasteiger charge is -2.40. The molecule has 2 rings (SSSR count). The predicted octanol–water partition coefficient (Wildman–Crippen LogP) is 2.17. The molecule has 0 aromatic heterocycles. The summed E-state index contributed by atoms with van der Waals surface area (Å²) in [7, 11) is -3.02. The maximum absolute atomic E-state index is 12.5. The van der Waals surface area contributed by atoms with Crippen molar-refractivity contribution in [2.24, 2.45) is 5.92 Å². The lowest BCUT2D eigenvalue weighted by atomic mass is 10.0. The molecule has 0 spiro atoms. The van der Waals surface area contributed by atoms with Crippen molar-refractivity contribution in [3.8, 4) is 0 Å². The smallest absolute Gasteiger partial charge is 0.475 e. The number of carboxylic acids is 1. The van der Waals surface area contributed by atoms with Gasteiger partial charge in [-0.1, -0.05) is 20.8 Å².